The second kappa shape index (κ2) is 9.82. The fourth-order valence-electron chi connectivity index (χ4n) is 3.72. The van der Waals surface area contributed by atoms with E-state index in [9.17, 15) is 9.59 Å². The van der Waals surface area contributed by atoms with Gasteiger partial charge >= 0.3 is 5.97 Å². The van der Waals surface area contributed by atoms with Gasteiger partial charge in [-0.3, -0.25) is 9.36 Å². The summed E-state index contributed by atoms with van der Waals surface area (Å²) in [6.07, 6.45) is 3.17. The highest BCUT2D eigenvalue weighted by molar-refractivity contribution is 9.10. The van der Waals surface area contributed by atoms with Gasteiger partial charge in [-0.1, -0.05) is 30.7 Å². The van der Waals surface area contributed by atoms with Crippen LogP contribution in [0, 0.1) is 0 Å². The van der Waals surface area contributed by atoms with Crippen molar-refractivity contribution in [3.8, 4) is 0 Å². The second-order valence-electron chi connectivity index (χ2n) is 7.63. The number of anilines is 1. The number of thiazole rings is 1. The molecule has 0 N–H and O–H groups in total. The van der Waals surface area contributed by atoms with Crippen LogP contribution in [0.3, 0.4) is 0 Å². The van der Waals surface area contributed by atoms with Gasteiger partial charge in [-0.05, 0) is 40.7 Å². The molecule has 1 aliphatic heterocycles. The number of carbonyl (C=O) groups excluding carboxylic acids is 1. The Kier molecular flexibility index (Phi) is 7.06. The first-order valence-electron chi connectivity index (χ1n) is 10.6. The van der Waals surface area contributed by atoms with Crippen LogP contribution in [-0.2, 0) is 9.53 Å². The molecule has 0 spiro atoms. The van der Waals surface area contributed by atoms with Crippen molar-refractivity contribution in [2.45, 2.75) is 32.7 Å². The standard InChI is InChI=1S/C23H24BrN3O4S2/c1-5-8-15-18(22(29)30-6-2)19(16-9-7-10-32-16)27-20(28)17(33-23(27)25-15)12-13-11-14(24)21(31-13)26(3)4/h7,9-12,19H,5-6,8H2,1-4H3/b17-12+/t19-/m0/s1. The molecule has 0 radical (unpaired) electrons. The summed E-state index contributed by atoms with van der Waals surface area (Å²) in [5.41, 5.74) is 0.905. The highest BCUT2D eigenvalue weighted by Crippen LogP contribution is 2.34. The first kappa shape index (κ1) is 23.7. The van der Waals surface area contributed by atoms with E-state index in [0.717, 1.165) is 15.8 Å². The van der Waals surface area contributed by atoms with Gasteiger partial charge in [0.1, 0.15) is 11.8 Å². The van der Waals surface area contributed by atoms with Crippen LogP contribution >= 0.6 is 38.6 Å². The molecule has 4 rings (SSSR count). The molecule has 33 heavy (non-hydrogen) atoms. The Bertz CT molecular complexity index is 1380. The Morgan fingerprint density at radius 2 is 2.18 bits per heavy atom. The lowest BCUT2D eigenvalue weighted by atomic mass is 9.99. The lowest BCUT2D eigenvalue weighted by molar-refractivity contribution is -0.139. The van der Waals surface area contributed by atoms with Gasteiger partial charge in [0.2, 0.25) is 5.88 Å². The number of nitrogens with zero attached hydrogens (tertiary/aromatic N) is 3. The van der Waals surface area contributed by atoms with Crippen LogP contribution in [0.2, 0.25) is 0 Å². The molecule has 0 saturated carbocycles. The number of aromatic nitrogens is 1. The Morgan fingerprint density at radius 3 is 2.79 bits per heavy atom. The topological polar surface area (TPSA) is 77.0 Å². The summed E-state index contributed by atoms with van der Waals surface area (Å²) in [7, 11) is 3.77. The number of halogens is 1. The number of hydrogen-bond donors (Lipinski definition) is 0. The van der Waals surface area contributed by atoms with Gasteiger partial charge < -0.3 is 14.1 Å². The minimum absolute atomic E-state index is 0.214. The Morgan fingerprint density at radius 1 is 1.39 bits per heavy atom. The predicted molar refractivity (Wildman–Crippen MR) is 135 cm³/mol. The fourth-order valence-corrected chi connectivity index (χ4v) is 6.20. The zero-order chi connectivity index (χ0) is 23.7. The van der Waals surface area contributed by atoms with Gasteiger partial charge in [-0.25, -0.2) is 9.79 Å². The number of allylic oxidation sites excluding steroid dienone is 1. The predicted octanol–water partition coefficient (Wildman–Crippen LogP) is 4.06. The van der Waals surface area contributed by atoms with Crippen molar-refractivity contribution >= 4 is 56.5 Å². The molecule has 174 valence electrons. The van der Waals surface area contributed by atoms with Crippen LogP contribution in [0.4, 0.5) is 5.88 Å². The third kappa shape index (κ3) is 4.51. The number of hydrogen-bond acceptors (Lipinski definition) is 8. The van der Waals surface area contributed by atoms with Crippen molar-refractivity contribution in [2.75, 3.05) is 25.6 Å². The van der Waals surface area contributed by atoms with Gasteiger partial charge in [0.25, 0.3) is 5.56 Å². The van der Waals surface area contributed by atoms with Gasteiger partial charge in [0.15, 0.2) is 4.80 Å². The lowest BCUT2D eigenvalue weighted by Gasteiger charge is -2.24. The minimum Gasteiger partial charge on any atom is -0.463 e. The van der Waals surface area contributed by atoms with Crippen LogP contribution in [0.5, 0.6) is 0 Å². The van der Waals surface area contributed by atoms with E-state index in [2.05, 4.69) is 15.9 Å². The zero-order valence-electron chi connectivity index (χ0n) is 18.8. The van der Waals surface area contributed by atoms with E-state index in [-0.39, 0.29) is 12.2 Å². The molecule has 0 amide bonds. The SMILES string of the molecule is CCCC1=C(C(=O)OCC)[C@H](c2cccs2)n2c(s/c(=C/c3cc(Br)c(N(C)C)o3)c2=O)=N1. The van der Waals surface area contributed by atoms with Crippen LogP contribution < -0.4 is 19.8 Å². The van der Waals surface area contributed by atoms with Gasteiger partial charge in [-0.2, -0.15) is 0 Å². The summed E-state index contributed by atoms with van der Waals surface area (Å²) in [6.45, 7) is 4.07. The molecule has 10 heteroatoms. The smallest absolute Gasteiger partial charge is 0.338 e. The van der Waals surface area contributed by atoms with Crippen molar-refractivity contribution in [3.05, 3.63) is 69.6 Å². The van der Waals surface area contributed by atoms with E-state index in [1.54, 1.807) is 17.6 Å². The summed E-state index contributed by atoms with van der Waals surface area (Å²) in [5, 5.41) is 1.94. The van der Waals surface area contributed by atoms with Gasteiger partial charge in [0.05, 0.1) is 26.9 Å². The first-order valence-corrected chi connectivity index (χ1v) is 13.1. The summed E-state index contributed by atoms with van der Waals surface area (Å²) >= 11 is 6.29. The Balaban J connectivity index is 1.94. The van der Waals surface area contributed by atoms with Crippen molar-refractivity contribution in [1.82, 2.24) is 4.57 Å². The number of thiophene rings is 1. The fraction of sp³-hybridized carbons (Fsp3) is 0.348. The Hall–Kier alpha value is -2.43. The quantitative estimate of drug-likeness (QED) is 0.415. The van der Waals surface area contributed by atoms with Gasteiger partial charge in [0, 0.05) is 31.1 Å². The molecular weight excluding hydrogens is 526 g/mol. The summed E-state index contributed by atoms with van der Waals surface area (Å²) in [6, 6.07) is 5.12. The molecule has 4 heterocycles. The van der Waals surface area contributed by atoms with Crippen LogP contribution in [0.15, 0.2) is 53.5 Å². The molecule has 7 nitrogen and oxygen atoms in total. The van der Waals surface area contributed by atoms with Gasteiger partial charge in [-0.15, -0.1) is 11.3 Å². The van der Waals surface area contributed by atoms with Crippen LogP contribution in [0.25, 0.3) is 6.08 Å². The maximum Gasteiger partial charge on any atom is 0.338 e. The molecular formula is C23H24BrN3O4S2. The molecule has 3 aromatic rings. The molecule has 0 aliphatic carbocycles. The number of esters is 1. The third-order valence-electron chi connectivity index (χ3n) is 5.07. The third-order valence-corrected chi connectivity index (χ3v) is 7.55. The molecule has 0 saturated heterocycles. The Labute approximate surface area is 207 Å². The van der Waals surface area contributed by atoms with Crippen molar-refractivity contribution in [1.29, 1.82) is 0 Å². The molecule has 0 aromatic carbocycles. The van der Waals surface area contributed by atoms with Crippen LogP contribution in [0.1, 0.15) is 43.4 Å². The molecule has 0 unspecified atom stereocenters. The molecule has 0 fully saturated rings. The lowest BCUT2D eigenvalue weighted by Crippen LogP contribution is -2.39. The minimum atomic E-state index is -0.565. The number of fused-ring (bicyclic) bond motifs is 1. The zero-order valence-corrected chi connectivity index (χ0v) is 22.0. The normalized spacial score (nSPS) is 16.0. The average molecular weight is 551 g/mol. The number of furan rings is 1. The van der Waals surface area contributed by atoms with Crippen molar-refractivity contribution < 1.29 is 13.9 Å². The average Bonchev–Trinajstić information content (AvgIpc) is 3.48. The first-order chi connectivity index (χ1) is 15.8. The number of carbonyl (C=O) groups is 1. The maximum absolute atomic E-state index is 13.6. The van der Waals surface area contributed by atoms with E-state index >= 15 is 0 Å². The summed E-state index contributed by atoms with van der Waals surface area (Å²) < 4.78 is 14.2. The number of ether oxygens (including phenoxy) is 1. The van der Waals surface area contributed by atoms with Crippen LogP contribution in [-0.4, -0.2) is 31.2 Å². The molecule has 1 aliphatic rings. The highest BCUT2D eigenvalue weighted by atomic mass is 79.9. The van der Waals surface area contributed by atoms with E-state index in [4.69, 9.17) is 14.1 Å². The molecule has 0 bridgehead atoms. The summed E-state index contributed by atoms with van der Waals surface area (Å²) in [5.74, 6) is 0.796. The number of rotatable bonds is 7. The van der Waals surface area contributed by atoms with Crippen molar-refractivity contribution in [3.63, 3.8) is 0 Å². The maximum atomic E-state index is 13.6. The second-order valence-corrected chi connectivity index (χ2v) is 10.5. The van der Waals surface area contributed by atoms with E-state index in [1.165, 1.54) is 22.7 Å². The van der Waals surface area contributed by atoms with E-state index < -0.39 is 12.0 Å². The monoisotopic (exact) mass is 549 g/mol. The molecule has 3 aromatic heterocycles. The van der Waals surface area contributed by atoms with E-state index in [1.807, 2.05) is 49.5 Å². The highest BCUT2D eigenvalue weighted by Gasteiger charge is 2.34. The molecule has 1 atom stereocenters. The van der Waals surface area contributed by atoms with Crippen molar-refractivity contribution in [2.24, 2.45) is 4.99 Å². The summed E-state index contributed by atoms with van der Waals surface area (Å²) in [4.78, 5) is 34.7. The largest absolute Gasteiger partial charge is 0.463 e. The van der Waals surface area contributed by atoms with E-state index in [0.29, 0.717) is 38.7 Å².